The van der Waals surface area contributed by atoms with Crippen molar-refractivity contribution in [2.24, 2.45) is 11.8 Å². The van der Waals surface area contributed by atoms with Gasteiger partial charge in [0, 0.05) is 47.6 Å². The molecule has 1 unspecified atom stereocenters. The number of imide groups is 2. The summed E-state index contributed by atoms with van der Waals surface area (Å²) in [5, 5.41) is 10.4. The first-order chi connectivity index (χ1) is 22.8. The van der Waals surface area contributed by atoms with E-state index in [9.17, 15) is 28.8 Å². The van der Waals surface area contributed by atoms with Crippen molar-refractivity contribution < 1.29 is 28.8 Å². The van der Waals surface area contributed by atoms with Crippen molar-refractivity contribution in [2.45, 2.75) is 51.1 Å². The van der Waals surface area contributed by atoms with E-state index in [4.69, 9.17) is 0 Å². The van der Waals surface area contributed by atoms with E-state index in [-0.39, 0.29) is 53.8 Å². The molecule has 2 aliphatic heterocycles. The number of hydrogen-bond donors (Lipinski definition) is 3. The van der Waals surface area contributed by atoms with Gasteiger partial charge in [-0.1, -0.05) is 18.2 Å². The van der Waals surface area contributed by atoms with Crippen LogP contribution < -0.4 is 16.0 Å². The summed E-state index contributed by atoms with van der Waals surface area (Å²) in [5.74, 6) is -2.11. The van der Waals surface area contributed by atoms with Crippen molar-refractivity contribution in [3.8, 4) is 0 Å². The highest BCUT2D eigenvalue weighted by atomic mass is 16.2. The molecule has 6 amide bonds. The lowest BCUT2D eigenvalue weighted by Gasteiger charge is -2.28. The van der Waals surface area contributed by atoms with Gasteiger partial charge in [0.15, 0.2) is 0 Å². The summed E-state index contributed by atoms with van der Waals surface area (Å²) in [6.45, 7) is 1.30. The fourth-order valence-electron chi connectivity index (χ4n) is 7.11. The van der Waals surface area contributed by atoms with E-state index in [0.29, 0.717) is 19.0 Å². The summed E-state index contributed by atoms with van der Waals surface area (Å²) >= 11 is 0. The van der Waals surface area contributed by atoms with Crippen molar-refractivity contribution in [3.63, 3.8) is 0 Å². The molecular weight excluding hydrogens is 600 g/mol. The van der Waals surface area contributed by atoms with Crippen molar-refractivity contribution in [3.05, 3.63) is 77.6 Å². The number of pyridine rings is 1. The lowest BCUT2D eigenvalue weighted by atomic mass is 9.82. The zero-order valence-corrected chi connectivity index (χ0v) is 25.7. The Morgan fingerprint density at radius 3 is 2.28 bits per heavy atom. The van der Waals surface area contributed by atoms with E-state index >= 15 is 0 Å². The monoisotopic (exact) mass is 634 g/mol. The summed E-state index contributed by atoms with van der Waals surface area (Å²) in [7, 11) is 0. The van der Waals surface area contributed by atoms with Crippen LogP contribution in [-0.4, -0.2) is 69.0 Å². The van der Waals surface area contributed by atoms with Gasteiger partial charge in [0.05, 0.1) is 22.8 Å². The van der Waals surface area contributed by atoms with E-state index in [2.05, 4.69) is 27.0 Å². The minimum Gasteiger partial charge on any atom is -0.354 e. The average molecular weight is 635 g/mol. The maximum Gasteiger partial charge on any atom is 0.262 e. The van der Waals surface area contributed by atoms with E-state index in [1.807, 2.05) is 28.8 Å². The summed E-state index contributed by atoms with van der Waals surface area (Å²) in [6, 6.07) is 13.3. The number of carbonyl (C=O) groups excluding carboxylic acids is 6. The third-order valence-electron chi connectivity index (χ3n) is 9.69. The Labute approximate surface area is 269 Å². The van der Waals surface area contributed by atoms with Crippen molar-refractivity contribution in [1.29, 1.82) is 0 Å². The standard InChI is InChI=1S/C35H34N6O6/c42-30-12-11-28(33(45)39-30)41-34(46)25-10-9-22(15-26(25)35(41)47)32(44)38-17-21-7-5-20(6-8-21)16-37-31(43)19-40-27-4-2-1-3-23(27)24-13-14-36-18-29(24)40/h1-4,9-10,13-15,18,20-21,28H,5-8,11-12,16-17,19H2,(H,37,43)(H,38,44)(H,39,42,45)/t20-,21-,28?. The zero-order valence-electron chi connectivity index (χ0n) is 25.7. The van der Waals surface area contributed by atoms with E-state index in [0.717, 1.165) is 52.4 Å². The largest absolute Gasteiger partial charge is 0.354 e. The molecule has 4 aromatic rings. The number of carbonyl (C=O) groups is 6. The van der Waals surface area contributed by atoms with Crippen LogP contribution in [0.25, 0.3) is 21.8 Å². The molecule has 2 fully saturated rings. The van der Waals surface area contributed by atoms with Gasteiger partial charge in [0.25, 0.3) is 17.7 Å². The number of nitrogens with one attached hydrogen (secondary N) is 3. The van der Waals surface area contributed by atoms with Gasteiger partial charge < -0.3 is 15.2 Å². The number of hydrogen-bond acceptors (Lipinski definition) is 7. The molecule has 1 saturated carbocycles. The van der Waals surface area contributed by atoms with E-state index < -0.39 is 29.7 Å². The highest BCUT2D eigenvalue weighted by molar-refractivity contribution is 6.24. The first-order valence-electron chi connectivity index (χ1n) is 16.0. The lowest BCUT2D eigenvalue weighted by molar-refractivity contribution is -0.136. The SMILES string of the molecule is O=C(Cn1c2ccccc2c2ccncc21)NC[C@H]1CC[C@H](CNC(=O)c2ccc3c(c2)C(=O)N(C2CCC(=O)NC2=O)C3=O)CC1. The van der Waals surface area contributed by atoms with Gasteiger partial charge in [0.1, 0.15) is 12.6 Å². The molecule has 12 nitrogen and oxygen atoms in total. The maximum absolute atomic E-state index is 13.1. The molecule has 47 heavy (non-hydrogen) atoms. The Kier molecular flexibility index (Phi) is 8.00. The van der Waals surface area contributed by atoms with Crippen LogP contribution in [0, 0.1) is 11.8 Å². The molecular formula is C35H34N6O6. The van der Waals surface area contributed by atoms with Gasteiger partial charge in [-0.05, 0) is 74.3 Å². The lowest BCUT2D eigenvalue weighted by Crippen LogP contribution is -2.54. The molecule has 240 valence electrons. The van der Waals surface area contributed by atoms with Crippen molar-refractivity contribution >= 4 is 57.2 Å². The Morgan fingerprint density at radius 2 is 1.51 bits per heavy atom. The van der Waals surface area contributed by atoms with Crippen molar-refractivity contribution in [2.75, 3.05) is 13.1 Å². The second-order valence-electron chi connectivity index (χ2n) is 12.6. The Morgan fingerprint density at radius 1 is 0.809 bits per heavy atom. The molecule has 1 atom stereocenters. The molecule has 0 bridgehead atoms. The van der Waals surface area contributed by atoms with Gasteiger partial charge in [-0.25, -0.2) is 0 Å². The van der Waals surface area contributed by atoms with E-state index in [1.54, 1.807) is 12.4 Å². The Bertz CT molecular complexity index is 1910. The van der Waals surface area contributed by atoms with Crippen LogP contribution in [0.4, 0.5) is 0 Å². The van der Waals surface area contributed by atoms with Crippen LogP contribution in [-0.2, 0) is 20.9 Å². The highest BCUT2D eigenvalue weighted by Gasteiger charge is 2.44. The van der Waals surface area contributed by atoms with Gasteiger partial charge in [-0.3, -0.25) is 44.0 Å². The first-order valence-corrected chi connectivity index (χ1v) is 16.0. The van der Waals surface area contributed by atoms with Gasteiger partial charge >= 0.3 is 0 Å². The number of nitrogens with zero attached hydrogens (tertiary/aromatic N) is 3. The highest BCUT2D eigenvalue weighted by Crippen LogP contribution is 2.31. The number of aromatic nitrogens is 2. The number of rotatable bonds is 8. The predicted molar refractivity (Wildman–Crippen MR) is 171 cm³/mol. The molecule has 2 aromatic carbocycles. The Hall–Kier alpha value is -5.39. The molecule has 3 aliphatic rings. The topological polar surface area (TPSA) is 160 Å². The van der Waals surface area contributed by atoms with Gasteiger partial charge in [-0.15, -0.1) is 0 Å². The summed E-state index contributed by atoms with van der Waals surface area (Å²) < 4.78 is 2.01. The number of fused-ring (bicyclic) bond motifs is 4. The molecule has 4 heterocycles. The Balaban J connectivity index is 0.886. The third-order valence-corrected chi connectivity index (χ3v) is 9.69. The van der Waals surface area contributed by atoms with Crippen LogP contribution in [0.3, 0.4) is 0 Å². The van der Waals surface area contributed by atoms with Crippen LogP contribution in [0.1, 0.15) is 69.6 Å². The van der Waals surface area contributed by atoms with Gasteiger partial charge in [-0.2, -0.15) is 0 Å². The summed E-state index contributed by atoms with van der Waals surface area (Å²) in [6.07, 6.45) is 7.37. The third kappa shape index (κ3) is 5.75. The van der Waals surface area contributed by atoms with Gasteiger partial charge in [0.2, 0.25) is 17.7 Å². The zero-order chi connectivity index (χ0) is 32.7. The molecule has 1 aliphatic carbocycles. The molecule has 3 N–H and O–H groups in total. The molecule has 1 saturated heterocycles. The minimum atomic E-state index is -1.06. The smallest absolute Gasteiger partial charge is 0.262 e. The number of para-hydroxylation sites is 1. The fourth-order valence-corrected chi connectivity index (χ4v) is 7.11. The number of piperidine rings is 1. The minimum absolute atomic E-state index is 0.0375. The molecule has 7 rings (SSSR count). The molecule has 2 aromatic heterocycles. The molecule has 0 radical (unpaired) electrons. The predicted octanol–water partition coefficient (Wildman–Crippen LogP) is 2.94. The van der Waals surface area contributed by atoms with E-state index in [1.165, 1.54) is 18.2 Å². The molecule has 0 spiro atoms. The van der Waals surface area contributed by atoms with Crippen LogP contribution in [0.15, 0.2) is 60.9 Å². The average Bonchev–Trinajstić information content (AvgIpc) is 3.53. The van der Waals surface area contributed by atoms with Crippen LogP contribution in [0.2, 0.25) is 0 Å². The summed E-state index contributed by atoms with van der Waals surface area (Å²) in [4.78, 5) is 81.0. The number of amides is 6. The normalized spacial score (nSPS) is 21.2. The second kappa shape index (κ2) is 12.4. The summed E-state index contributed by atoms with van der Waals surface area (Å²) in [5.41, 5.74) is 2.40. The molecule has 12 heteroatoms. The second-order valence-corrected chi connectivity index (χ2v) is 12.6. The maximum atomic E-state index is 13.1. The van der Waals surface area contributed by atoms with Crippen LogP contribution in [0.5, 0.6) is 0 Å². The first kappa shape index (κ1) is 30.3. The van der Waals surface area contributed by atoms with Crippen molar-refractivity contribution in [1.82, 2.24) is 30.4 Å². The quantitative estimate of drug-likeness (QED) is 0.251. The fraction of sp³-hybridized carbons (Fsp3) is 0.343. The van der Waals surface area contributed by atoms with Crippen LogP contribution >= 0.6 is 0 Å². The number of benzene rings is 2.